The predicted octanol–water partition coefficient (Wildman–Crippen LogP) is 1.09. The molecule has 6 nitrogen and oxygen atoms in total. The third kappa shape index (κ3) is 3.39. The lowest BCUT2D eigenvalue weighted by atomic mass is 9.84. The van der Waals surface area contributed by atoms with Crippen LogP contribution in [0.1, 0.15) is 39.0 Å². The van der Waals surface area contributed by atoms with Gasteiger partial charge in [0.05, 0.1) is 6.20 Å². The van der Waals surface area contributed by atoms with Gasteiger partial charge in [0.1, 0.15) is 0 Å². The van der Waals surface area contributed by atoms with E-state index in [0.29, 0.717) is 19.0 Å². The second-order valence-corrected chi connectivity index (χ2v) is 7.01. The predicted molar refractivity (Wildman–Crippen MR) is 77.6 cm³/mol. The number of hydrogen-bond donors (Lipinski definition) is 2. The van der Waals surface area contributed by atoms with E-state index >= 15 is 0 Å². The number of rotatable bonds is 6. The third-order valence-electron chi connectivity index (χ3n) is 4.03. The van der Waals surface area contributed by atoms with Gasteiger partial charge in [0.2, 0.25) is 0 Å². The molecule has 20 heavy (non-hydrogen) atoms. The first-order valence-corrected chi connectivity index (χ1v) is 8.81. The molecule has 0 amide bonds. The van der Waals surface area contributed by atoms with Crippen molar-refractivity contribution in [2.24, 2.45) is 11.7 Å². The molecule has 1 saturated carbocycles. The molecule has 7 heteroatoms. The second-order valence-electron chi connectivity index (χ2n) is 5.35. The fourth-order valence-electron chi connectivity index (χ4n) is 2.92. The molecule has 1 atom stereocenters. The van der Waals surface area contributed by atoms with Gasteiger partial charge in [0.15, 0.2) is 5.03 Å². The lowest BCUT2D eigenvalue weighted by molar-refractivity contribution is 0.293. The van der Waals surface area contributed by atoms with Crippen LogP contribution in [0.3, 0.4) is 0 Å². The average molecular weight is 300 g/mol. The zero-order valence-corrected chi connectivity index (χ0v) is 12.8. The molecule has 0 bridgehead atoms. The van der Waals surface area contributed by atoms with Crippen LogP contribution in [0.2, 0.25) is 0 Å². The number of nitrogens with two attached hydrogens (primary N) is 1. The Hall–Kier alpha value is -0.920. The Balaban J connectivity index is 2.13. The minimum Gasteiger partial charge on any atom is -0.329 e. The van der Waals surface area contributed by atoms with Crippen molar-refractivity contribution in [3.05, 3.63) is 12.3 Å². The summed E-state index contributed by atoms with van der Waals surface area (Å²) >= 11 is 0. The molecule has 0 radical (unpaired) electrons. The van der Waals surface area contributed by atoms with Crippen molar-refractivity contribution in [1.29, 1.82) is 0 Å². The van der Waals surface area contributed by atoms with Gasteiger partial charge in [-0.1, -0.05) is 19.3 Å². The molecule has 114 valence electrons. The standard InChI is InChI=1S/C13H24N4O2S/c1-2-17-13(8-9-15-17)20(18,19)16-12(10-14)11-6-4-3-5-7-11/h8-9,11-12,16H,2-7,10,14H2,1H3. The Kier molecular flexibility index (Phi) is 5.17. The average Bonchev–Trinajstić information content (AvgIpc) is 2.95. The molecule has 3 N–H and O–H groups in total. The van der Waals surface area contributed by atoms with Crippen LogP contribution in [0, 0.1) is 5.92 Å². The number of aromatic nitrogens is 2. The van der Waals surface area contributed by atoms with Gasteiger partial charge in [0, 0.05) is 19.1 Å². The van der Waals surface area contributed by atoms with Crippen molar-refractivity contribution < 1.29 is 8.42 Å². The quantitative estimate of drug-likeness (QED) is 0.823. The van der Waals surface area contributed by atoms with Crippen LogP contribution >= 0.6 is 0 Å². The lowest BCUT2D eigenvalue weighted by Crippen LogP contribution is -2.46. The fraction of sp³-hybridized carbons (Fsp3) is 0.769. The zero-order chi connectivity index (χ0) is 14.6. The summed E-state index contributed by atoms with van der Waals surface area (Å²) in [6.45, 7) is 2.73. The van der Waals surface area contributed by atoms with Gasteiger partial charge in [-0.2, -0.15) is 5.10 Å². The van der Waals surface area contributed by atoms with E-state index in [2.05, 4.69) is 9.82 Å². The molecule has 0 aliphatic heterocycles. The Bertz CT molecular complexity index is 520. The molecular formula is C13H24N4O2S. The summed E-state index contributed by atoms with van der Waals surface area (Å²) in [6.07, 6.45) is 7.18. The molecule has 1 aliphatic rings. The topological polar surface area (TPSA) is 90.0 Å². The van der Waals surface area contributed by atoms with Gasteiger partial charge in [-0.15, -0.1) is 0 Å². The highest BCUT2D eigenvalue weighted by molar-refractivity contribution is 7.89. The summed E-state index contributed by atoms with van der Waals surface area (Å²) in [5, 5.41) is 4.23. The molecule has 0 spiro atoms. The summed E-state index contributed by atoms with van der Waals surface area (Å²) in [6, 6.07) is 1.35. The summed E-state index contributed by atoms with van der Waals surface area (Å²) in [4.78, 5) is 0. The smallest absolute Gasteiger partial charge is 0.258 e. The summed E-state index contributed by atoms with van der Waals surface area (Å²) in [5.41, 5.74) is 5.79. The van der Waals surface area contributed by atoms with Crippen LogP contribution < -0.4 is 10.5 Å². The summed E-state index contributed by atoms with van der Waals surface area (Å²) < 4.78 is 29.2. The van der Waals surface area contributed by atoms with Crippen LogP contribution in [0.25, 0.3) is 0 Å². The van der Waals surface area contributed by atoms with Gasteiger partial charge < -0.3 is 5.73 Å². The molecule has 1 aromatic heterocycles. The lowest BCUT2D eigenvalue weighted by Gasteiger charge is -2.29. The number of hydrogen-bond acceptors (Lipinski definition) is 4. The number of sulfonamides is 1. The second kappa shape index (κ2) is 6.69. The molecule has 1 fully saturated rings. The van der Waals surface area contributed by atoms with Crippen LogP contribution in [0.5, 0.6) is 0 Å². The largest absolute Gasteiger partial charge is 0.329 e. The van der Waals surface area contributed by atoms with Crippen molar-refractivity contribution >= 4 is 10.0 Å². The highest BCUT2D eigenvalue weighted by atomic mass is 32.2. The van der Waals surface area contributed by atoms with Gasteiger partial charge in [-0.25, -0.2) is 13.1 Å². The molecule has 1 aliphatic carbocycles. The van der Waals surface area contributed by atoms with Gasteiger partial charge in [-0.3, -0.25) is 4.68 Å². The van der Waals surface area contributed by atoms with Crippen LogP contribution in [0.15, 0.2) is 17.3 Å². The molecular weight excluding hydrogens is 276 g/mol. The Labute approximate surface area is 120 Å². The third-order valence-corrected chi connectivity index (χ3v) is 5.54. The maximum absolute atomic E-state index is 12.5. The summed E-state index contributed by atoms with van der Waals surface area (Å²) in [5.74, 6) is 0.349. The molecule has 2 rings (SSSR count). The summed E-state index contributed by atoms with van der Waals surface area (Å²) in [7, 11) is -3.55. The van der Waals surface area contributed by atoms with E-state index < -0.39 is 10.0 Å². The van der Waals surface area contributed by atoms with Crippen molar-refractivity contribution in [2.45, 2.75) is 56.6 Å². The molecule has 0 aromatic carbocycles. The first-order valence-electron chi connectivity index (χ1n) is 7.32. The van der Waals surface area contributed by atoms with Crippen molar-refractivity contribution in [3.63, 3.8) is 0 Å². The maximum Gasteiger partial charge on any atom is 0.258 e. The van der Waals surface area contributed by atoms with E-state index in [0.717, 1.165) is 25.7 Å². The van der Waals surface area contributed by atoms with Crippen molar-refractivity contribution in [1.82, 2.24) is 14.5 Å². The van der Waals surface area contributed by atoms with Crippen molar-refractivity contribution in [2.75, 3.05) is 6.54 Å². The van der Waals surface area contributed by atoms with Gasteiger partial charge in [-0.05, 0) is 31.7 Å². The fourth-order valence-corrected chi connectivity index (χ4v) is 4.42. The molecule has 1 aromatic rings. The van der Waals surface area contributed by atoms with Gasteiger partial charge >= 0.3 is 0 Å². The Morgan fingerprint density at radius 2 is 2.15 bits per heavy atom. The Morgan fingerprint density at radius 3 is 2.75 bits per heavy atom. The van der Waals surface area contributed by atoms with Gasteiger partial charge in [0.25, 0.3) is 10.0 Å². The first-order chi connectivity index (χ1) is 9.58. The van der Waals surface area contributed by atoms with E-state index in [1.807, 2.05) is 6.92 Å². The first kappa shape index (κ1) is 15.5. The molecule has 0 saturated heterocycles. The van der Waals surface area contributed by atoms with E-state index in [1.54, 1.807) is 0 Å². The van der Waals surface area contributed by atoms with Crippen LogP contribution in [-0.2, 0) is 16.6 Å². The van der Waals surface area contributed by atoms with E-state index in [1.165, 1.54) is 23.4 Å². The number of nitrogens with zero attached hydrogens (tertiary/aromatic N) is 2. The molecule has 1 heterocycles. The van der Waals surface area contributed by atoms with Crippen molar-refractivity contribution in [3.8, 4) is 0 Å². The number of aryl methyl sites for hydroxylation is 1. The number of nitrogens with one attached hydrogen (secondary N) is 1. The highest BCUT2D eigenvalue weighted by Crippen LogP contribution is 2.27. The minimum atomic E-state index is -3.55. The van der Waals surface area contributed by atoms with E-state index in [4.69, 9.17) is 5.73 Å². The SMILES string of the molecule is CCn1nccc1S(=O)(=O)NC(CN)C1CCCCC1. The normalized spacial score (nSPS) is 19.1. The molecule has 1 unspecified atom stereocenters. The Morgan fingerprint density at radius 1 is 1.45 bits per heavy atom. The zero-order valence-electron chi connectivity index (χ0n) is 12.0. The van der Waals surface area contributed by atoms with Crippen LogP contribution in [0.4, 0.5) is 0 Å². The van der Waals surface area contributed by atoms with E-state index in [-0.39, 0.29) is 11.1 Å². The highest BCUT2D eigenvalue weighted by Gasteiger charge is 2.28. The van der Waals surface area contributed by atoms with Crippen LogP contribution in [-0.4, -0.2) is 30.8 Å². The van der Waals surface area contributed by atoms with E-state index in [9.17, 15) is 8.42 Å². The maximum atomic E-state index is 12.5. The minimum absolute atomic E-state index is 0.180. The monoisotopic (exact) mass is 300 g/mol.